The Kier molecular flexibility index (Phi) is 3.27. The van der Waals surface area contributed by atoms with E-state index in [0.717, 1.165) is 0 Å². The third kappa shape index (κ3) is 2.42. The molecule has 0 spiro atoms. The van der Waals surface area contributed by atoms with Crippen molar-refractivity contribution in [3.05, 3.63) is 27.7 Å². The average Bonchev–Trinajstić information content (AvgIpc) is 2.06. The quantitative estimate of drug-likeness (QED) is 0.715. The summed E-state index contributed by atoms with van der Waals surface area (Å²) in [6, 6.07) is 0. The molecule has 0 aliphatic heterocycles. The van der Waals surface area contributed by atoms with E-state index in [-0.39, 0.29) is 6.20 Å². The topological polar surface area (TPSA) is 12.9 Å². The van der Waals surface area contributed by atoms with E-state index in [1.54, 1.807) is 0 Å². The first kappa shape index (κ1) is 12.3. The van der Waals surface area contributed by atoms with E-state index < -0.39 is 34.1 Å². The van der Waals surface area contributed by atoms with Crippen molar-refractivity contribution in [2.24, 2.45) is 0 Å². The predicted octanol–water partition coefficient (Wildman–Crippen LogP) is 3.94. The van der Waals surface area contributed by atoms with Crippen LogP contribution in [-0.2, 0) is 6.18 Å². The summed E-state index contributed by atoms with van der Waals surface area (Å²) in [6.07, 6.45) is -8.06. The van der Waals surface area contributed by atoms with Gasteiger partial charge in [0.15, 0.2) is 5.82 Å². The molecule has 0 aliphatic rings. The minimum Gasteiger partial charge on any atom is -0.253 e. The van der Waals surface area contributed by atoms with E-state index in [1.165, 1.54) is 0 Å². The van der Waals surface area contributed by atoms with E-state index in [0.29, 0.717) is 0 Å². The molecule has 1 aromatic rings. The molecule has 0 fully saturated rings. The van der Waals surface area contributed by atoms with Gasteiger partial charge in [0.05, 0.1) is 4.47 Å². The van der Waals surface area contributed by atoms with Gasteiger partial charge in [-0.1, -0.05) is 0 Å². The predicted molar refractivity (Wildman–Crippen MR) is 41.9 cm³/mol. The van der Waals surface area contributed by atoms with Crippen molar-refractivity contribution in [2.45, 2.75) is 12.6 Å². The maximum Gasteiger partial charge on any atom is 0.420 e. The van der Waals surface area contributed by atoms with E-state index in [1.807, 2.05) is 0 Å². The summed E-state index contributed by atoms with van der Waals surface area (Å²) < 4.78 is 72.4. The van der Waals surface area contributed by atoms with Crippen molar-refractivity contribution in [2.75, 3.05) is 0 Å². The summed E-state index contributed by atoms with van der Waals surface area (Å²) in [4.78, 5) is 2.85. The van der Waals surface area contributed by atoms with Crippen molar-refractivity contribution in [1.29, 1.82) is 0 Å². The van der Waals surface area contributed by atoms with Crippen LogP contribution in [0.5, 0.6) is 0 Å². The van der Waals surface area contributed by atoms with E-state index in [4.69, 9.17) is 0 Å². The van der Waals surface area contributed by atoms with Gasteiger partial charge in [0, 0.05) is 6.20 Å². The highest BCUT2D eigenvalue weighted by molar-refractivity contribution is 9.10. The average molecular weight is 294 g/mol. The Morgan fingerprint density at radius 3 is 2.20 bits per heavy atom. The minimum atomic E-state index is -4.96. The van der Waals surface area contributed by atoms with E-state index in [9.17, 15) is 26.3 Å². The number of pyridine rings is 1. The lowest BCUT2D eigenvalue weighted by Gasteiger charge is -2.10. The molecule has 0 unspecified atom stereocenters. The second-order valence-electron chi connectivity index (χ2n) is 2.48. The van der Waals surface area contributed by atoms with Crippen molar-refractivity contribution in [1.82, 2.24) is 4.98 Å². The summed E-state index contributed by atoms with van der Waals surface area (Å²) in [5.41, 5.74) is -2.74. The molecule has 0 radical (unpaired) electrons. The summed E-state index contributed by atoms with van der Waals surface area (Å²) in [6.45, 7) is 0. The number of aromatic nitrogens is 1. The first-order valence-electron chi connectivity index (χ1n) is 3.44. The Morgan fingerprint density at radius 1 is 1.27 bits per heavy atom. The number of halogens is 7. The second kappa shape index (κ2) is 3.99. The second-order valence-corrected chi connectivity index (χ2v) is 3.28. The van der Waals surface area contributed by atoms with Crippen molar-refractivity contribution in [3.63, 3.8) is 0 Å². The Balaban J connectivity index is 3.34. The van der Waals surface area contributed by atoms with Gasteiger partial charge in [0.25, 0.3) is 6.43 Å². The number of nitrogens with zero attached hydrogens (tertiary/aromatic N) is 1. The highest BCUT2D eigenvalue weighted by Gasteiger charge is 2.36. The molecular formula is C7H2BrF6N. The van der Waals surface area contributed by atoms with Crippen molar-refractivity contribution < 1.29 is 26.3 Å². The number of hydrogen-bond donors (Lipinski definition) is 0. The standard InChI is InChI=1S/C7H2BrF6N/c8-3-4(9)2(7(12,13)14)1-15-5(3)6(10)11/h1,6H. The van der Waals surface area contributed by atoms with Crippen LogP contribution in [0.25, 0.3) is 0 Å². The number of hydrogen-bond acceptors (Lipinski definition) is 1. The van der Waals surface area contributed by atoms with Crippen molar-refractivity contribution in [3.8, 4) is 0 Å². The van der Waals surface area contributed by atoms with Gasteiger partial charge < -0.3 is 0 Å². The highest BCUT2D eigenvalue weighted by atomic mass is 79.9. The van der Waals surface area contributed by atoms with Crippen LogP contribution in [-0.4, -0.2) is 4.98 Å². The van der Waals surface area contributed by atoms with Gasteiger partial charge in [-0.15, -0.1) is 0 Å². The smallest absolute Gasteiger partial charge is 0.253 e. The summed E-state index contributed by atoms with van der Waals surface area (Å²) >= 11 is 2.31. The molecule has 0 saturated heterocycles. The molecule has 0 bridgehead atoms. The highest BCUT2D eigenvalue weighted by Crippen LogP contribution is 2.36. The van der Waals surface area contributed by atoms with Crippen LogP contribution in [0.3, 0.4) is 0 Å². The fourth-order valence-electron chi connectivity index (χ4n) is 0.828. The van der Waals surface area contributed by atoms with Gasteiger partial charge in [-0.05, 0) is 15.9 Å². The molecule has 1 aromatic heterocycles. The Morgan fingerprint density at radius 2 is 1.80 bits per heavy atom. The largest absolute Gasteiger partial charge is 0.420 e. The number of rotatable bonds is 1. The Bertz CT molecular complexity index is 374. The lowest BCUT2D eigenvalue weighted by molar-refractivity contribution is -0.140. The van der Waals surface area contributed by atoms with Crippen LogP contribution >= 0.6 is 15.9 Å². The third-order valence-corrected chi connectivity index (χ3v) is 2.25. The monoisotopic (exact) mass is 293 g/mol. The zero-order chi connectivity index (χ0) is 11.8. The molecule has 0 N–H and O–H groups in total. The lowest BCUT2D eigenvalue weighted by Crippen LogP contribution is -2.11. The van der Waals surface area contributed by atoms with Gasteiger partial charge in [-0.25, -0.2) is 13.2 Å². The fourth-order valence-corrected chi connectivity index (χ4v) is 1.32. The van der Waals surface area contributed by atoms with E-state index in [2.05, 4.69) is 20.9 Å². The molecule has 0 saturated carbocycles. The Labute approximate surface area is 88.2 Å². The van der Waals surface area contributed by atoms with Gasteiger partial charge in [0.2, 0.25) is 0 Å². The van der Waals surface area contributed by atoms with Gasteiger partial charge in [0.1, 0.15) is 11.3 Å². The van der Waals surface area contributed by atoms with Crippen molar-refractivity contribution >= 4 is 15.9 Å². The lowest BCUT2D eigenvalue weighted by atomic mass is 10.2. The molecule has 1 heterocycles. The van der Waals surface area contributed by atoms with Crippen LogP contribution in [0.15, 0.2) is 10.7 Å². The normalized spacial score (nSPS) is 12.3. The molecule has 0 atom stereocenters. The zero-order valence-electron chi connectivity index (χ0n) is 6.75. The fraction of sp³-hybridized carbons (Fsp3) is 0.286. The zero-order valence-corrected chi connectivity index (χ0v) is 8.33. The summed E-state index contributed by atoms with van der Waals surface area (Å²) in [7, 11) is 0. The first-order valence-corrected chi connectivity index (χ1v) is 4.23. The molecule has 8 heteroatoms. The molecule has 1 rings (SSSR count). The van der Waals surface area contributed by atoms with Gasteiger partial charge >= 0.3 is 6.18 Å². The maximum absolute atomic E-state index is 13.0. The molecule has 15 heavy (non-hydrogen) atoms. The van der Waals surface area contributed by atoms with Crippen LogP contribution in [0, 0.1) is 5.82 Å². The SMILES string of the molecule is Fc1c(C(F)(F)F)cnc(C(F)F)c1Br. The molecule has 1 nitrogen and oxygen atoms in total. The van der Waals surface area contributed by atoms with Crippen LogP contribution in [0.2, 0.25) is 0 Å². The molecule has 0 aliphatic carbocycles. The number of alkyl halides is 5. The summed E-state index contributed by atoms with van der Waals surface area (Å²) in [5.74, 6) is -1.78. The van der Waals surface area contributed by atoms with E-state index >= 15 is 0 Å². The van der Waals surface area contributed by atoms with Gasteiger partial charge in [-0.3, -0.25) is 4.98 Å². The first-order chi connectivity index (χ1) is 6.75. The molecular weight excluding hydrogens is 292 g/mol. The van der Waals surface area contributed by atoms with Crippen LogP contribution in [0.1, 0.15) is 17.7 Å². The maximum atomic E-state index is 13.0. The molecule has 0 amide bonds. The minimum absolute atomic E-state index is 0.0432. The third-order valence-electron chi connectivity index (χ3n) is 1.50. The molecule has 0 aromatic carbocycles. The summed E-state index contributed by atoms with van der Waals surface area (Å²) in [5, 5.41) is 0. The van der Waals surface area contributed by atoms with Gasteiger partial charge in [-0.2, -0.15) is 13.2 Å². The van der Waals surface area contributed by atoms with Crippen LogP contribution in [0.4, 0.5) is 26.3 Å². The molecule has 84 valence electrons. The van der Waals surface area contributed by atoms with Crippen LogP contribution < -0.4 is 0 Å². The Hall–Kier alpha value is -0.790.